The molecule has 0 bridgehead atoms. The Kier molecular flexibility index (Phi) is 5.48. The molecule has 0 saturated heterocycles. The summed E-state index contributed by atoms with van der Waals surface area (Å²) in [5.41, 5.74) is 4.74. The maximum atomic E-state index is 13.6. The molecular formula is C27H29N5O2. The summed E-state index contributed by atoms with van der Waals surface area (Å²) in [5.74, 6) is 1.02. The molecule has 3 heterocycles. The van der Waals surface area contributed by atoms with Crippen LogP contribution in [-0.4, -0.2) is 25.2 Å². The minimum atomic E-state index is -0.364. The van der Waals surface area contributed by atoms with Gasteiger partial charge in [0.2, 0.25) is 5.95 Å². The van der Waals surface area contributed by atoms with Crippen LogP contribution in [0.5, 0.6) is 0 Å². The van der Waals surface area contributed by atoms with Gasteiger partial charge in [-0.05, 0) is 48.6 Å². The van der Waals surface area contributed by atoms with Gasteiger partial charge in [-0.3, -0.25) is 13.9 Å². The molecule has 7 nitrogen and oxygen atoms in total. The summed E-state index contributed by atoms with van der Waals surface area (Å²) >= 11 is 0. The number of fused-ring (bicyclic) bond motifs is 3. The van der Waals surface area contributed by atoms with E-state index in [4.69, 9.17) is 4.98 Å². The van der Waals surface area contributed by atoms with Crippen LogP contribution in [0.1, 0.15) is 23.6 Å². The summed E-state index contributed by atoms with van der Waals surface area (Å²) in [4.78, 5) is 33.6. The van der Waals surface area contributed by atoms with E-state index in [0.717, 1.165) is 17.8 Å². The Bertz CT molecular complexity index is 1520. The molecule has 4 aromatic rings. The number of aryl methyl sites for hydroxylation is 3. The van der Waals surface area contributed by atoms with E-state index in [1.54, 1.807) is 7.05 Å². The van der Waals surface area contributed by atoms with Gasteiger partial charge >= 0.3 is 5.69 Å². The maximum absolute atomic E-state index is 13.6. The number of allylic oxidation sites excluding steroid dienone is 1. The second-order valence-corrected chi connectivity index (χ2v) is 9.25. The van der Waals surface area contributed by atoms with Crippen LogP contribution in [0.2, 0.25) is 0 Å². The molecule has 0 N–H and O–H groups in total. The van der Waals surface area contributed by atoms with Crippen LogP contribution in [0.4, 0.5) is 11.6 Å². The Morgan fingerprint density at radius 3 is 2.53 bits per heavy atom. The molecule has 1 aliphatic heterocycles. The van der Waals surface area contributed by atoms with Crippen LogP contribution in [0.3, 0.4) is 0 Å². The van der Waals surface area contributed by atoms with Gasteiger partial charge in [0.15, 0.2) is 11.2 Å². The molecule has 0 fully saturated rings. The average molecular weight is 456 g/mol. The highest BCUT2D eigenvalue weighted by atomic mass is 16.2. The number of aromatic nitrogens is 4. The molecule has 2 aromatic carbocycles. The molecule has 0 aliphatic carbocycles. The first-order valence-electron chi connectivity index (χ1n) is 11.6. The molecule has 0 radical (unpaired) electrons. The summed E-state index contributed by atoms with van der Waals surface area (Å²) in [7, 11) is 1.68. The van der Waals surface area contributed by atoms with Gasteiger partial charge in [-0.2, -0.15) is 4.98 Å². The number of benzene rings is 2. The van der Waals surface area contributed by atoms with Crippen molar-refractivity contribution < 1.29 is 0 Å². The molecule has 34 heavy (non-hydrogen) atoms. The normalized spacial score (nSPS) is 15.9. The van der Waals surface area contributed by atoms with Gasteiger partial charge in [-0.1, -0.05) is 55.5 Å². The second-order valence-electron chi connectivity index (χ2n) is 9.25. The zero-order valence-corrected chi connectivity index (χ0v) is 20.0. The number of anilines is 2. The largest absolute Gasteiger partial charge is 0.332 e. The summed E-state index contributed by atoms with van der Waals surface area (Å²) in [5, 5.41) is 0. The Hall–Kier alpha value is -3.87. The number of imidazole rings is 1. The first-order chi connectivity index (χ1) is 16.3. The lowest BCUT2D eigenvalue weighted by Crippen LogP contribution is -2.40. The third-order valence-corrected chi connectivity index (χ3v) is 6.64. The Balaban J connectivity index is 1.63. The predicted octanol–water partition coefficient (Wildman–Crippen LogP) is 4.01. The Morgan fingerprint density at radius 2 is 1.79 bits per heavy atom. The molecule has 0 amide bonds. The van der Waals surface area contributed by atoms with Gasteiger partial charge in [-0.25, -0.2) is 4.79 Å². The van der Waals surface area contributed by atoms with Gasteiger partial charge < -0.3 is 9.47 Å². The molecule has 5 rings (SSSR count). The van der Waals surface area contributed by atoms with Gasteiger partial charge in [-0.15, -0.1) is 0 Å². The van der Waals surface area contributed by atoms with Crippen LogP contribution < -0.4 is 16.1 Å². The minimum Gasteiger partial charge on any atom is -0.312 e. The molecular weight excluding hydrogens is 426 g/mol. The van der Waals surface area contributed by atoms with Crippen molar-refractivity contribution in [2.75, 3.05) is 11.4 Å². The summed E-state index contributed by atoms with van der Waals surface area (Å²) in [6.07, 6.45) is 3.77. The van der Waals surface area contributed by atoms with Crippen molar-refractivity contribution in [3.05, 3.63) is 92.1 Å². The van der Waals surface area contributed by atoms with E-state index in [2.05, 4.69) is 43.9 Å². The molecule has 2 aromatic heterocycles. The van der Waals surface area contributed by atoms with Crippen molar-refractivity contribution in [3.63, 3.8) is 0 Å². The lowest BCUT2D eigenvalue weighted by molar-refractivity contribution is 0.458. The highest BCUT2D eigenvalue weighted by molar-refractivity contribution is 5.77. The standard InChI is InChI=1S/C27H29N5O2/c1-18-16-31(22-13-12-19(2)20(3)15-22)26-28-24-23(32(26)17-18)25(33)30(27(34)29(24)4)14-8-11-21-9-6-5-7-10-21/h5-13,15,18H,14,16-17H2,1-4H3/b11-8-/t18-/m0/s1. The van der Waals surface area contributed by atoms with Crippen molar-refractivity contribution >= 4 is 28.9 Å². The minimum absolute atomic E-state index is 0.202. The monoisotopic (exact) mass is 455 g/mol. The van der Waals surface area contributed by atoms with E-state index >= 15 is 0 Å². The SMILES string of the molecule is Cc1ccc(N2C[C@H](C)Cn3c2nc2c3c(=O)n(C/C=C\c3ccccc3)c(=O)n2C)cc1C. The third-order valence-electron chi connectivity index (χ3n) is 6.64. The van der Waals surface area contributed by atoms with Gasteiger partial charge in [0.25, 0.3) is 5.56 Å². The van der Waals surface area contributed by atoms with Crippen molar-refractivity contribution in [3.8, 4) is 0 Å². The molecule has 0 unspecified atom stereocenters. The molecule has 0 spiro atoms. The molecule has 1 atom stereocenters. The van der Waals surface area contributed by atoms with Crippen LogP contribution in [0.15, 0.2) is 64.2 Å². The first-order valence-corrected chi connectivity index (χ1v) is 11.6. The number of hydrogen-bond donors (Lipinski definition) is 0. The third kappa shape index (κ3) is 3.67. The topological polar surface area (TPSA) is 65.1 Å². The molecule has 0 saturated carbocycles. The lowest BCUT2D eigenvalue weighted by atomic mass is 10.1. The van der Waals surface area contributed by atoms with Gasteiger partial charge in [0.05, 0.1) is 0 Å². The summed E-state index contributed by atoms with van der Waals surface area (Å²) < 4.78 is 4.76. The zero-order valence-electron chi connectivity index (χ0n) is 20.0. The van der Waals surface area contributed by atoms with E-state index in [-0.39, 0.29) is 17.8 Å². The number of rotatable bonds is 4. The van der Waals surface area contributed by atoms with Gasteiger partial charge in [0, 0.05) is 32.4 Å². The van der Waals surface area contributed by atoms with Crippen molar-refractivity contribution in [1.29, 1.82) is 0 Å². The van der Waals surface area contributed by atoms with Crippen LogP contribution >= 0.6 is 0 Å². The van der Waals surface area contributed by atoms with Crippen LogP contribution in [0, 0.1) is 19.8 Å². The van der Waals surface area contributed by atoms with Crippen LogP contribution in [-0.2, 0) is 20.1 Å². The predicted molar refractivity (Wildman–Crippen MR) is 137 cm³/mol. The van der Waals surface area contributed by atoms with E-state index in [9.17, 15) is 9.59 Å². The fourth-order valence-corrected chi connectivity index (χ4v) is 4.64. The smallest absolute Gasteiger partial charge is 0.312 e. The molecule has 7 heteroatoms. The zero-order chi connectivity index (χ0) is 24.0. The highest BCUT2D eigenvalue weighted by Crippen LogP contribution is 2.33. The Labute approximate surface area is 198 Å². The first kappa shape index (κ1) is 21.9. The van der Waals surface area contributed by atoms with Gasteiger partial charge in [0.1, 0.15) is 0 Å². The quantitative estimate of drug-likeness (QED) is 0.466. The molecule has 174 valence electrons. The molecule has 1 aliphatic rings. The van der Waals surface area contributed by atoms with Crippen molar-refractivity contribution in [2.45, 2.75) is 33.9 Å². The number of nitrogens with zero attached hydrogens (tertiary/aromatic N) is 5. The fraction of sp³-hybridized carbons (Fsp3) is 0.296. The van der Waals surface area contributed by atoms with Crippen molar-refractivity contribution in [2.24, 2.45) is 13.0 Å². The number of hydrogen-bond acceptors (Lipinski definition) is 4. The van der Waals surface area contributed by atoms with E-state index in [0.29, 0.717) is 29.6 Å². The van der Waals surface area contributed by atoms with Crippen LogP contribution in [0.25, 0.3) is 17.2 Å². The van der Waals surface area contributed by atoms with E-state index in [1.807, 2.05) is 47.1 Å². The van der Waals surface area contributed by atoms with E-state index < -0.39 is 0 Å². The summed E-state index contributed by atoms with van der Waals surface area (Å²) in [6.45, 7) is 8.05. The lowest BCUT2D eigenvalue weighted by Gasteiger charge is -2.33. The Morgan fingerprint density at radius 1 is 1.03 bits per heavy atom. The summed E-state index contributed by atoms with van der Waals surface area (Å²) in [6, 6.07) is 16.2. The highest BCUT2D eigenvalue weighted by Gasteiger charge is 2.29. The second kappa shape index (κ2) is 8.48. The average Bonchev–Trinajstić information content (AvgIpc) is 3.21. The van der Waals surface area contributed by atoms with Crippen molar-refractivity contribution in [1.82, 2.24) is 18.7 Å². The van der Waals surface area contributed by atoms with E-state index in [1.165, 1.54) is 20.3 Å². The maximum Gasteiger partial charge on any atom is 0.332 e. The fourth-order valence-electron chi connectivity index (χ4n) is 4.64.